The van der Waals surface area contributed by atoms with Crippen LogP contribution in [0.3, 0.4) is 0 Å². The van der Waals surface area contributed by atoms with Crippen LogP contribution in [0.5, 0.6) is 0 Å². The highest BCUT2D eigenvalue weighted by Gasteiger charge is 2.26. The number of nitrogens with zero attached hydrogens (tertiary/aromatic N) is 1. The molecule has 0 bridgehead atoms. The van der Waals surface area contributed by atoms with Crippen molar-refractivity contribution in [1.82, 2.24) is 4.90 Å². The molecule has 1 aliphatic heterocycles. The van der Waals surface area contributed by atoms with E-state index in [0.717, 1.165) is 24.9 Å². The summed E-state index contributed by atoms with van der Waals surface area (Å²) >= 11 is 0. The highest BCUT2D eigenvalue weighted by molar-refractivity contribution is 4.82. The van der Waals surface area contributed by atoms with E-state index in [9.17, 15) is 0 Å². The molecule has 2 N–H and O–H groups in total. The van der Waals surface area contributed by atoms with Gasteiger partial charge in [-0.15, -0.1) is 0 Å². The van der Waals surface area contributed by atoms with Crippen molar-refractivity contribution >= 4 is 0 Å². The van der Waals surface area contributed by atoms with Gasteiger partial charge in [0.05, 0.1) is 0 Å². The predicted molar refractivity (Wildman–Crippen MR) is 53.1 cm³/mol. The van der Waals surface area contributed by atoms with Crippen molar-refractivity contribution in [2.75, 3.05) is 13.1 Å². The van der Waals surface area contributed by atoms with E-state index in [0.29, 0.717) is 6.04 Å². The lowest BCUT2D eigenvalue weighted by atomic mass is 10.1. The van der Waals surface area contributed by atoms with Gasteiger partial charge < -0.3 is 5.73 Å². The molecular formula is C10H22N2. The lowest BCUT2D eigenvalue weighted by Gasteiger charge is -2.24. The maximum absolute atomic E-state index is 5.92. The van der Waals surface area contributed by atoms with Gasteiger partial charge in [-0.25, -0.2) is 0 Å². The Morgan fingerprint density at radius 1 is 1.50 bits per heavy atom. The maximum Gasteiger partial charge on any atom is 0.0165 e. The minimum Gasteiger partial charge on any atom is -0.327 e. The summed E-state index contributed by atoms with van der Waals surface area (Å²) in [6, 6.07) is 1.12. The fourth-order valence-electron chi connectivity index (χ4n) is 2.07. The van der Waals surface area contributed by atoms with Crippen LogP contribution in [0.25, 0.3) is 0 Å². The van der Waals surface area contributed by atoms with Crippen molar-refractivity contribution in [2.45, 2.75) is 45.7 Å². The first-order chi connectivity index (χ1) is 5.63. The van der Waals surface area contributed by atoms with Crippen LogP contribution in [-0.4, -0.2) is 30.1 Å². The predicted octanol–water partition coefficient (Wildman–Crippen LogP) is 1.45. The van der Waals surface area contributed by atoms with Crippen LogP contribution in [0, 0.1) is 5.92 Å². The average molecular weight is 170 g/mol. The smallest absolute Gasteiger partial charge is 0.0165 e. The Bertz CT molecular complexity index is 136. The van der Waals surface area contributed by atoms with Crippen LogP contribution in [0.1, 0.15) is 33.6 Å². The van der Waals surface area contributed by atoms with E-state index in [1.165, 1.54) is 13.0 Å². The molecule has 2 unspecified atom stereocenters. The van der Waals surface area contributed by atoms with Gasteiger partial charge in [0.2, 0.25) is 0 Å². The maximum atomic E-state index is 5.92. The van der Waals surface area contributed by atoms with Gasteiger partial charge in [-0.3, -0.25) is 4.90 Å². The third-order valence-electron chi connectivity index (χ3n) is 2.91. The molecule has 0 amide bonds. The Hall–Kier alpha value is -0.0800. The van der Waals surface area contributed by atoms with E-state index in [1.54, 1.807) is 0 Å². The molecule has 0 spiro atoms. The zero-order chi connectivity index (χ0) is 9.14. The Labute approximate surface area is 76.1 Å². The molecule has 72 valence electrons. The normalized spacial score (nSPS) is 34.0. The Kier molecular flexibility index (Phi) is 3.53. The van der Waals surface area contributed by atoms with Gasteiger partial charge in [-0.05, 0) is 25.7 Å². The van der Waals surface area contributed by atoms with Gasteiger partial charge in [0, 0.05) is 25.2 Å². The van der Waals surface area contributed by atoms with E-state index in [-0.39, 0.29) is 0 Å². The van der Waals surface area contributed by atoms with Crippen molar-refractivity contribution < 1.29 is 0 Å². The van der Waals surface area contributed by atoms with Crippen molar-refractivity contribution in [3.63, 3.8) is 0 Å². The first-order valence-corrected chi connectivity index (χ1v) is 5.13. The molecule has 1 heterocycles. The SMILES string of the molecule is CC[C@H](N)CN1CC(C)CC1C. The largest absolute Gasteiger partial charge is 0.327 e. The Morgan fingerprint density at radius 2 is 2.17 bits per heavy atom. The van der Waals surface area contributed by atoms with Crippen LogP contribution in [0.4, 0.5) is 0 Å². The number of rotatable bonds is 3. The summed E-state index contributed by atoms with van der Waals surface area (Å²) in [5.41, 5.74) is 5.92. The van der Waals surface area contributed by atoms with Crippen molar-refractivity contribution in [3.05, 3.63) is 0 Å². The number of hydrogen-bond donors (Lipinski definition) is 1. The molecule has 1 fully saturated rings. The van der Waals surface area contributed by atoms with E-state index in [1.807, 2.05) is 0 Å². The van der Waals surface area contributed by atoms with Gasteiger partial charge in [0.15, 0.2) is 0 Å². The molecule has 3 atom stereocenters. The molecule has 0 aromatic rings. The zero-order valence-corrected chi connectivity index (χ0v) is 8.59. The summed E-state index contributed by atoms with van der Waals surface area (Å²) in [7, 11) is 0. The molecule has 0 saturated carbocycles. The van der Waals surface area contributed by atoms with Gasteiger partial charge in [0.1, 0.15) is 0 Å². The van der Waals surface area contributed by atoms with Crippen LogP contribution in [-0.2, 0) is 0 Å². The van der Waals surface area contributed by atoms with Gasteiger partial charge >= 0.3 is 0 Å². The summed E-state index contributed by atoms with van der Waals surface area (Å²) < 4.78 is 0. The van der Waals surface area contributed by atoms with Crippen LogP contribution in [0.2, 0.25) is 0 Å². The minimum absolute atomic E-state index is 0.373. The minimum atomic E-state index is 0.373. The van der Waals surface area contributed by atoms with Crippen molar-refractivity contribution in [3.8, 4) is 0 Å². The number of hydrogen-bond acceptors (Lipinski definition) is 2. The molecule has 1 aliphatic rings. The number of likely N-dealkylation sites (tertiary alicyclic amines) is 1. The van der Waals surface area contributed by atoms with E-state index >= 15 is 0 Å². The highest BCUT2D eigenvalue weighted by Crippen LogP contribution is 2.22. The van der Waals surface area contributed by atoms with Crippen molar-refractivity contribution in [1.29, 1.82) is 0 Å². The summed E-state index contributed by atoms with van der Waals surface area (Å²) in [5.74, 6) is 0.865. The summed E-state index contributed by atoms with van der Waals surface area (Å²) in [6.45, 7) is 9.13. The number of nitrogens with two attached hydrogens (primary N) is 1. The van der Waals surface area contributed by atoms with Crippen LogP contribution < -0.4 is 5.73 Å². The van der Waals surface area contributed by atoms with Gasteiger partial charge in [-0.1, -0.05) is 13.8 Å². The summed E-state index contributed by atoms with van der Waals surface area (Å²) in [5, 5.41) is 0. The van der Waals surface area contributed by atoms with E-state index in [2.05, 4.69) is 25.7 Å². The Balaban J connectivity index is 2.32. The molecule has 1 rings (SSSR count). The monoisotopic (exact) mass is 170 g/mol. The average Bonchev–Trinajstić information content (AvgIpc) is 2.30. The first kappa shape index (κ1) is 10.0. The second-order valence-electron chi connectivity index (χ2n) is 4.31. The molecule has 12 heavy (non-hydrogen) atoms. The van der Waals surface area contributed by atoms with Crippen molar-refractivity contribution in [2.24, 2.45) is 11.7 Å². The zero-order valence-electron chi connectivity index (χ0n) is 8.59. The quantitative estimate of drug-likeness (QED) is 0.694. The lowest BCUT2D eigenvalue weighted by Crippen LogP contribution is -2.38. The fraction of sp³-hybridized carbons (Fsp3) is 1.00. The lowest BCUT2D eigenvalue weighted by molar-refractivity contribution is 0.246. The molecule has 1 saturated heterocycles. The molecule has 2 nitrogen and oxygen atoms in total. The van der Waals surface area contributed by atoms with Gasteiger partial charge in [-0.2, -0.15) is 0 Å². The van der Waals surface area contributed by atoms with Crippen LogP contribution in [0.15, 0.2) is 0 Å². The van der Waals surface area contributed by atoms with Crippen LogP contribution >= 0.6 is 0 Å². The fourth-order valence-corrected chi connectivity index (χ4v) is 2.07. The molecule has 0 aromatic heterocycles. The third-order valence-corrected chi connectivity index (χ3v) is 2.91. The molecule has 0 radical (unpaired) electrons. The summed E-state index contributed by atoms with van der Waals surface area (Å²) in [6.07, 6.45) is 2.44. The van der Waals surface area contributed by atoms with E-state index in [4.69, 9.17) is 5.73 Å². The molecule has 0 aromatic carbocycles. The summed E-state index contributed by atoms with van der Waals surface area (Å²) in [4.78, 5) is 2.53. The second kappa shape index (κ2) is 4.24. The second-order valence-corrected chi connectivity index (χ2v) is 4.31. The van der Waals surface area contributed by atoms with Gasteiger partial charge in [0.25, 0.3) is 0 Å². The standard InChI is InChI=1S/C10H22N2/c1-4-10(11)7-12-6-8(2)5-9(12)3/h8-10H,4-7,11H2,1-3H3/t8?,9?,10-/m0/s1. The molecular weight excluding hydrogens is 148 g/mol. The first-order valence-electron chi connectivity index (χ1n) is 5.13. The highest BCUT2D eigenvalue weighted by atomic mass is 15.2. The molecule has 2 heteroatoms. The Morgan fingerprint density at radius 3 is 2.58 bits per heavy atom. The van der Waals surface area contributed by atoms with E-state index < -0.39 is 0 Å². The molecule has 0 aliphatic carbocycles. The topological polar surface area (TPSA) is 29.3 Å². The third kappa shape index (κ3) is 2.46.